The van der Waals surface area contributed by atoms with Crippen LogP contribution in [0.3, 0.4) is 0 Å². The predicted octanol–water partition coefficient (Wildman–Crippen LogP) is 2.87. The Kier molecular flexibility index (Phi) is 7.23. The Bertz CT molecular complexity index is 439. The molecule has 0 fully saturated rings. The fourth-order valence-corrected chi connectivity index (χ4v) is 1.72. The maximum atomic E-state index is 11.6. The van der Waals surface area contributed by atoms with Gasteiger partial charge in [-0.1, -0.05) is 25.5 Å². The van der Waals surface area contributed by atoms with Crippen molar-refractivity contribution in [1.29, 1.82) is 0 Å². The van der Waals surface area contributed by atoms with E-state index in [-0.39, 0.29) is 18.1 Å². The highest BCUT2D eigenvalue weighted by molar-refractivity contribution is 5.77. The summed E-state index contributed by atoms with van der Waals surface area (Å²) in [5, 5.41) is 6.27. The summed E-state index contributed by atoms with van der Waals surface area (Å²) in [5.41, 5.74) is 1.23. The Hall–Kier alpha value is -1.55. The van der Waals surface area contributed by atoms with Crippen molar-refractivity contribution in [2.45, 2.75) is 52.6 Å². The molecule has 1 rings (SSSR count). The Labute approximate surface area is 128 Å². The highest BCUT2D eigenvalue weighted by Gasteiger charge is 2.09. The van der Waals surface area contributed by atoms with E-state index >= 15 is 0 Å². The molecule has 0 heterocycles. The molecule has 0 atom stereocenters. The number of nitrogens with one attached hydrogen (secondary N) is 2. The fraction of sp³-hybridized carbons (Fsp3) is 0.588. The van der Waals surface area contributed by atoms with Gasteiger partial charge < -0.3 is 15.4 Å². The van der Waals surface area contributed by atoms with Crippen LogP contribution in [0.5, 0.6) is 5.75 Å². The van der Waals surface area contributed by atoms with Crippen LogP contribution in [0.4, 0.5) is 0 Å². The molecule has 4 heteroatoms. The zero-order valence-corrected chi connectivity index (χ0v) is 13.7. The SMILES string of the molecule is CCCCNC(=O)COc1cccc(CNC(C)(C)C)c1. The van der Waals surface area contributed by atoms with Crippen LogP contribution in [0.1, 0.15) is 46.1 Å². The zero-order chi connectivity index (χ0) is 15.7. The number of benzene rings is 1. The predicted molar refractivity (Wildman–Crippen MR) is 86.4 cm³/mol. The number of carbonyl (C=O) groups is 1. The Morgan fingerprint density at radius 3 is 2.71 bits per heavy atom. The summed E-state index contributed by atoms with van der Waals surface area (Å²) in [6.07, 6.45) is 2.07. The van der Waals surface area contributed by atoms with Crippen LogP contribution in [0.25, 0.3) is 0 Å². The molecule has 0 aliphatic heterocycles. The topological polar surface area (TPSA) is 50.4 Å². The van der Waals surface area contributed by atoms with Gasteiger partial charge in [-0.2, -0.15) is 0 Å². The number of carbonyl (C=O) groups excluding carboxylic acids is 1. The van der Waals surface area contributed by atoms with E-state index in [4.69, 9.17) is 4.74 Å². The van der Waals surface area contributed by atoms with E-state index in [1.165, 1.54) is 0 Å². The van der Waals surface area contributed by atoms with Gasteiger partial charge >= 0.3 is 0 Å². The Morgan fingerprint density at radius 2 is 2.05 bits per heavy atom. The van der Waals surface area contributed by atoms with Crippen molar-refractivity contribution in [3.05, 3.63) is 29.8 Å². The van der Waals surface area contributed by atoms with Gasteiger partial charge in [-0.15, -0.1) is 0 Å². The lowest BCUT2D eigenvalue weighted by Gasteiger charge is -2.20. The number of hydrogen-bond donors (Lipinski definition) is 2. The molecule has 0 unspecified atom stereocenters. The molecule has 1 aromatic carbocycles. The molecule has 0 aliphatic rings. The van der Waals surface area contributed by atoms with Crippen LogP contribution in [0, 0.1) is 0 Å². The molecule has 118 valence electrons. The van der Waals surface area contributed by atoms with Crippen LogP contribution in [0.15, 0.2) is 24.3 Å². The molecule has 0 radical (unpaired) electrons. The van der Waals surface area contributed by atoms with Crippen LogP contribution < -0.4 is 15.4 Å². The summed E-state index contributed by atoms with van der Waals surface area (Å²) in [4.78, 5) is 11.6. The molecule has 4 nitrogen and oxygen atoms in total. The van der Waals surface area contributed by atoms with E-state index in [0.29, 0.717) is 6.54 Å². The van der Waals surface area contributed by atoms with Gasteiger partial charge in [0.25, 0.3) is 5.91 Å². The minimum absolute atomic E-state index is 0.0679. The second-order valence-electron chi connectivity index (χ2n) is 6.24. The molecule has 2 N–H and O–H groups in total. The Balaban J connectivity index is 2.40. The van der Waals surface area contributed by atoms with Gasteiger partial charge in [-0.25, -0.2) is 0 Å². The first-order valence-electron chi connectivity index (χ1n) is 7.64. The molecular formula is C17H28N2O2. The van der Waals surface area contributed by atoms with Gasteiger partial charge in [0.1, 0.15) is 5.75 Å². The maximum absolute atomic E-state index is 11.6. The number of unbranched alkanes of at least 4 members (excludes halogenated alkanes) is 1. The van der Waals surface area contributed by atoms with Crippen molar-refractivity contribution in [2.24, 2.45) is 0 Å². The van der Waals surface area contributed by atoms with Gasteiger partial charge in [0.15, 0.2) is 6.61 Å². The number of ether oxygens (including phenoxy) is 1. The summed E-state index contributed by atoms with van der Waals surface area (Å²) >= 11 is 0. The first-order valence-corrected chi connectivity index (χ1v) is 7.64. The van der Waals surface area contributed by atoms with Crippen molar-refractivity contribution in [2.75, 3.05) is 13.2 Å². The molecule has 1 aromatic rings. The summed E-state index contributed by atoms with van der Waals surface area (Å²) in [5.74, 6) is 0.663. The molecule has 0 bridgehead atoms. The third-order valence-corrected chi connectivity index (χ3v) is 2.94. The Morgan fingerprint density at radius 1 is 1.29 bits per heavy atom. The van der Waals surface area contributed by atoms with E-state index in [9.17, 15) is 4.79 Å². The molecule has 1 amide bonds. The normalized spacial score (nSPS) is 11.2. The summed E-state index contributed by atoms with van der Waals surface area (Å²) in [7, 11) is 0. The van der Waals surface area contributed by atoms with Gasteiger partial charge in [-0.05, 0) is 44.9 Å². The number of rotatable bonds is 8. The second kappa shape index (κ2) is 8.67. The monoisotopic (exact) mass is 292 g/mol. The highest BCUT2D eigenvalue weighted by atomic mass is 16.5. The van der Waals surface area contributed by atoms with Gasteiger partial charge in [0.05, 0.1) is 0 Å². The standard InChI is InChI=1S/C17H28N2O2/c1-5-6-10-18-16(20)13-21-15-9-7-8-14(11-15)12-19-17(2,3)4/h7-9,11,19H,5-6,10,12-13H2,1-4H3,(H,18,20). The zero-order valence-electron chi connectivity index (χ0n) is 13.7. The fourth-order valence-electron chi connectivity index (χ4n) is 1.72. The second-order valence-corrected chi connectivity index (χ2v) is 6.24. The summed E-state index contributed by atoms with van der Waals surface area (Å²) < 4.78 is 5.53. The van der Waals surface area contributed by atoms with Crippen molar-refractivity contribution in [1.82, 2.24) is 10.6 Å². The van der Waals surface area contributed by atoms with E-state index in [2.05, 4.69) is 38.3 Å². The van der Waals surface area contributed by atoms with E-state index in [1.807, 2.05) is 24.3 Å². The maximum Gasteiger partial charge on any atom is 0.257 e. The third-order valence-electron chi connectivity index (χ3n) is 2.94. The van der Waals surface area contributed by atoms with Gasteiger partial charge in [-0.3, -0.25) is 4.79 Å². The summed E-state index contributed by atoms with van der Waals surface area (Å²) in [6, 6.07) is 7.84. The minimum atomic E-state index is -0.0679. The van der Waals surface area contributed by atoms with E-state index in [0.717, 1.165) is 30.7 Å². The lowest BCUT2D eigenvalue weighted by molar-refractivity contribution is -0.123. The van der Waals surface area contributed by atoms with Crippen LogP contribution in [0.2, 0.25) is 0 Å². The van der Waals surface area contributed by atoms with Crippen molar-refractivity contribution < 1.29 is 9.53 Å². The van der Waals surface area contributed by atoms with Crippen LogP contribution in [-0.2, 0) is 11.3 Å². The summed E-state index contributed by atoms with van der Waals surface area (Å²) in [6.45, 7) is 10.1. The molecular weight excluding hydrogens is 264 g/mol. The van der Waals surface area contributed by atoms with Gasteiger partial charge in [0.2, 0.25) is 0 Å². The minimum Gasteiger partial charge on any atom is -0.484 e. The van der Waals surface area contributed by atoms with E-state index < -0.39 is 0 Å². The van der Waals surface area contributed by atoms with Gasteiger partial charge in [0, 0.05) is 18.6 Å². The highest BCUT2D eigenvalue weighted by Crippen LogP contribution is 2.14. The van der Waals surface area contributed by atoms with Crippen molar-refractivity contribution in [3.63, 3.8) is 0 Å². The molecule has 0 aromatic heterocycles. The number of amides is 1. The quantitative estimate of drug-likeness (QED) is 0.724. The molecule has 0 spiro atoms. The van der Waals surface area contributed by atoms with Crippen molar-refractivity contribution in [3.8, 4) is 5.75 Å². The largest absolute Gasteiger partial charge is 0.484 e. The van der Waals surface area contributed by atoms with E-state index in [1.54, 1.807) is 0 Å². The molecule has 0 saturated carbocycles. The average molecular weight is 292 g/mol. The molecule has 0 aliphatic carbocycles. The first kappa shape index (κ1) is 17.5. The lowest BCUT2D eigenvalue weighted by atomic mass is 10.1. The average Bonchev–Trinajstić information content (AvgIpc) is 2.43. The van der Waals surface area contributed by atoms with Crippen LogP contribution >= 0.6 is 0 Å². The molecule has 0 saturated heterocycles. The first-order chi connectivity index (χ1) is 9.90. The smallest absolute Gasteiger partial charge is 0.257 e. The third kappa shape index (κ3) is 8.35. The molecule has 21 heavy (non-hydrogen) atoms. The lowest BCUT2D eigenvalue weighted by Crippen LogP contribution is -2.35. The number of hydrogen-bond acceptors (Lipinski definition) is 3. The van der Waals surface area contributed by atoms with Crippen molar-refractivity contribution >= 4 is 5.91 Å². The van der Waals surface area contributed by atoms with Crippen LogP contribution in [-0.4, -0.2) is 24.6 Å².